The number of carboxylic acid groups (broad SMARTS) is 2. The normalized spacial score (nSPS) is 19.8. The van der Waals surface area contributed by atoms with Crippen LogP contribution in [0, 0.1) is 6.92 Å². The third-order valence-corrected chi connectivity index (χ3v) is 8.71. The van der Waals surface area contributed by atoms with Crippen molar-refractivity contribution in [2.75, 3.05) is 18.1 Å². The van der Waals surface area contributed by atoms with Crippen LogP contribution >= 0.6 is 34.9 Å². The SMILES string of the molecule is Cc1nnc(SCC2=C(C(=O)O)N3C(=O)C(NC(=O)C(N)c4ccc(OCC(=O)O)cc4)[C@@H]3SC2)s1. The topological polar surface area (TPSA) is 185 Å². The highest BCUT2D eigenvalue weighted by Gasteiger charge is 2.54. The lowest BCUT2D eigenvalue weighted by atomic mass is 10.0. The number of carbonyl (C=O) groups is 4. The summed E-state index contributed by atoms with van der Waals surface area (Å²) in [4.78, 5) is 49.4. The van der Waals surface area contributed by atoms with E-state index in [1.807, 2.05) is 6.92 Å². The largest absolute Gasteiger partial charge is 0.482 e. The molecule has 15 heteroatoms. The summed E-state index contributed by atoms with van der Waals surface area (Å²) < 4.78 is 5.77. The number of nitrogens with zero attached hydrogens (tertiary/aromatic N) is 3. The number of aromatic nitrogens is 2. The summed E-state index contributed by atoms with van der Waals surface area (Å²) in [6, 6.07) is 4.05. The number of nitrogens with one attached hydrogen (secondary N) is 1. The van der Waals surface area contributed by atoms with Crippen LogP contribution in [0.1, 0.15) is 16.6 Å². The summed E-state index contributed by atoms with van der Waals surface area (Å²) in [7, 11) is 0. The molecule has 2 amide bonds. The third-order valence-electron chi connectivity index (χ3n) is 5.31. The van der Waals surface area contributed by atoms with E-state index in [9.17, 15) is 24.3 Å². The molecule has 2 aliphatic rings. The van der Waals surface area contributed by atoms with Crippen molar-refractivity contribution in [3.63, 3.8) is 0 Å². The summed E-state index contributed by atoms with van der Waals surface area (Å²) in [5.74, 6) is -2.39. The van der Waals surface area contributed by atoms with Crippen LogP contribution in [0.5, 0.6) is 5.75 Å². The Kier molecular flexibility index (Phi) is 7.82. The third kappa shape index (κ3) is 5.48. The van der Waals surface area contributed by atoms with Crippen molar-refractivity contribution in [3.05, 3.63) is 46.1 Å². The molecular formula is C21H21N5O7S3. The maximum atomic E-state index is 12.9. The van der Waals surface area contributed by atoms with Gasteiger partial charge in [0.15, 0.2) is 10.9 Å². The van der Waals surface area contributed by atoms with Crippen molar-refractivity contribution < 1.29 is 34.1 Å². The number of hydrogen-bond acceptors (Lipinski definition) is 11. The Bertz CT molecular complexity index is 1230. The molecule has 2 aromatic rings. The van der Waals surface area contributed by atoms with E-state index in [-0.39, 0.29) is 5.70 Å². The van der Waals surface area contributed by atoms with Crippen molar-refractivity contribution in [2.45, 2.75) is 28.7 Å². The Balaban J connectivity index is 1.39. The highest BCUT2D eigenvalue weighted by molar-refractivity contribution is 8.01. The molecule has 5 N–H and O–H groups in total. The van der Waals surface area contributed by atoms with E-state index >= 15 is 0 Å². The number of aliphatic carboxylic acids is 2. The molecule has 12 nitrogen and oxygen atoms in total. The molecule has 2 unspecified atom stereocenters. The number of amides is 2. The predicted octanol–water partition coefficient (Wildman–Crippen LogP) is 0.841. The van der Waals surface area contributed by atoms with Gasteiger partial charge in [0.2, 0.25) is 5.91 Å². The number of benzene rings is 1. The second-order valence-electron chi connectivity index (χ2n) is 7.76. The standard InChI is InChI=1S/C21H21N5O7S3/c1-9-24-25-21(36-9)35-8-11-7-34-19-15(18(30)26(19)16(11)20(31)32)23-17(29)14(22)10-2-4-12(5-3-10)33-6-13(27)28/h2-5,14-15,19H,6-8,22H2,1H3,(H,23,29)(H,27,28)(H,31,32)/t14?,15?,19-/m0/s1. The van der Waals surface area contributed by atoms with Crippen LogP contribution in [0.25, 0.3) is 0 Å². The molecule has 36 heavy (non-hydrogen) atoms. The van der Waals surface area contributed by atoms with Crippen LogP contribution < -0.4 is 15.8 Å². The van der Waals surface area contributed by atoms with Gasteiger partial charge in [-0.15, -0.1) is 22.0 Å². The molecule has 1 fully saturated rings. The van der Waals surface area contributed by atoms with E-state index in [1.54, 1.807) is 0 Å². The molecule has 1 aromatic carbocycles. The molecule has 190 valence electrons. The summed E-state index contributed by atoms with van der Waals surface area (Å²) >= 11 is 4.14. The summed E-state index contributed by atoms with van der Waals surface area (Å²) in [6.45, 7) is 1.33. The minimum atomic E-state index is -1.20. The zero-order valence-electron chi connectivity index (χ0n) is 18.7. The van der Waals surface area contributed by atoms with E-state index in [0.29, 0.717) is 32.7 Å². The van der Waals surface area contributed by atoms with E-state index in [4.69, 9.17) is 15.6 Å². The second kappa shape index (κ2) is 10.9. The average Bonchev–Trinajstić information content (AvgIpc) is 3.28. The average molecular weight is 552 g/mol. The van der Waals surface area contributed by atoms with Crippen molar-refractivity contribution in [2.24, 2.45) is 5.73 Å². The Morgan fingerprint density at radius 2 is 2.00 bits per heavy atom. The number of ether oxygens (including phenoxy) is 1. The van der Waals surface area contributed by atoms with Crippen LogP contribution in [0.2, 0.25) is 0 Å². The fourth-order valence-corrected chi connectivity index (χ4v) is 6.89. The van der Waals surface area contributed by atoms with Gasteiger partial charge in [0.1, 0.15) is 33.9 Å². The number of carboxylic acids is 2. The smallest absolute Gasteiger partial charge is 0.352 e. The highest BCUT2D eigenvalue weighted by atomic mass is 32.2. The lowest BCUT2D eigenvalue weighted by molar-refractivity contribution is -0.150. The molecule has 3 heterocycles. The van der Waals surface area contributed by atoms with Crippen LogP contribution in [0.3, 0.4) is 0 Å². The quantitative estimate of drug-likeness (QED) is 0.241. The molecular weight excluding hydrogens is 530 g/mol. The number of β-lactam (4-membered cyclic amide) rings is 1. The van der Waals surface area contributed by atoms with Crippen molar-refractivity contribution in [3.8, 4) is 5.75 Å². The van der Waals surface area contributed by atoms with E-state index in [2.05, 4.69) is 15.5 Å². The van der Waals surface area contributed by atoms with Gasteiger partial charge in [0.25, 0.3) is 5.91 Å². The van der Waals surface area contributed by atoms with Crippen molar-refractivity contribution in [1.29, 1.82) is 0 Å². The summed E-state index contributed by atoms with van der Waals surface area (Å²) in [5, 5.41) is 29.3. The van der Waals surface area contributed by atoms with Gasteiger partial charge in [0, 0.05) is 11.5 Å². The first kappa shape index (κ1) is 25.9. The summed E-state index contributed by atoms with van der Waals surface area (Å²) in [6.07, 6.45) is 0. The van der Waals surface area contributed by atoms with Gasteiger partial charge in [-0.2, -0.15) is 0 Å². The Hall–Kier alpha value is -3.14. The lowest BCUT2D eigenvalue weighted by Crippen LogP contribution is -2.71. The first-order valence-electron chi connectivity index (χ1n) is 10.5. The zero-order valence-corrected chi connectivity index (χ0v) is 21.2. The Morgan fingerprint density at radius 3 is 2.61 bits per heavy atom. The highest BCUT2D eigenvalue weighted by Crippen LogP contribution is 2.42. The molecule has 2 aliphatic heterocycles. The van der Waals surface area contributed by atoms with E-state index < -0.39 is 47.8 Å². The first-order chi connectivity index (χ1) is 17.2. The first-order valence-corrected chi connectivity index (χ1v) is 13.3. The van der Waals surface area contributed by atoms with Gasteiger partial charge < -0.3 is 26.0 Å². The molecule has 4 rings (SSSR count). The number of rotatable bonds is 10. The van der Waals surface area contributed by atoms with Crippen LogP contribution in [-0.2, 0) is 19.2 Å². The van der Waals surface area contributed by atoms with E-state index in [0.717, 1.165) is 5.01 Å². The van der Waals surface area contributed by atoms with Crippen LogP contribution in [-0.4, -0.2) is 78.6 Å². The predicted molar refractivity (Wildman–Crippen MR) is 132 cm³/mol. The molecule has 0 spiro atoms. The van der Waals surface area contributed by atoms with Gasteiger partial charge in [-0.3, -0.25) is 14.5 Å². The van der Waals surface area contributed by atoms with E-state index in [1.165, 1.54) is 64.0 Å². The molecule has 0 aliphatic carbocycles. The van der Waals surface area contributed by atoms with Gasteiger partial charge >= 0.3 is 11.9 Å². The maximum absolute atomic E-state index is 12.9. The molecule has 0 radical (unpaired) electrons. The van der Waals surface area contributed by atoms with Gasteiger partial charge in [-0.25, -0.2) is 9.59 Å². The zero-order chi connectivity index (χ0) is 26.0. The van der Waals surface area contributed by atoms with Crippen molar-refractivity contribution in [1.82, 2.24) is 20.4 Å². The Morgan fingerprint density at radius 1 is 1.28 bits per heavy atom. The number of fused-ring (bicyclic) bond motifs is 1. The maximum Gasteiger partial charge on any atom is 0.352 e. The Labute approximate surface area is 217 Å². The van der Waals surface area contributed by atoms with Crippen LogP contribution in [0.4, 0.5) is 0 Å². The fraction of sp³-hybridized carbons (Fsp3) is 0.333. The van der Waals surface area contributed by atoms with Gasteiger partial charge in [-0.1, -0.05) is 35.2 Å². The number of nitrogens with two attached hydrogens (primary N) is 1. The number of thioether (sulfide) groups is 2. The van der Waals surface area contributed by atoms with Gasteiger partial charge in [0.05, 0.1) is 0 Å². The lowest BCUT2D eigenvalue weighted by Gasteiger charge is -2.49. The second-order valence-corrected chi connectivity index (χ2v) is 11.3. The molecule has 1 aromatic heterocycles. The molecule has 0 bridgehead atoms. The van der Waals surface area contributed by atoms with Gasteiger partial charge in [-0.05, 0) is 30.2 Å². The van der Waals surface area contributed by atoms with Crippen LogP contribution in [0.15, 0.2) is 39.9 Å². The van der Waals surface area contributed by atoms with Crippen molar-refractivity contribution >= 4 is 58.6 Å². The molecule has 1 saturated heterocycles. The minimum Gasteiger partial charge on any atom is -0.482 e. The summed E-state index contributed by atoms with van der Waals surface area (Å²) in [5.41, 5.74) is 7.02. The number of carbonyl (C=O) groups excluding carboxylic acids is 2. The number of hydrogen-bond donors (Lipinski definition) is 4. The molecule has 0 saturated carbocycles. The monoisotopic (exact) mass is 551 g/mol. The number of aryl methyl sites for hydroxylation is 1. The molecule has 3 atom stereocenters. The minimum absolute atomic E-state index is 0.0655. The fourth-order valence-electron chi connectivity index (χ4n) is 3.59.